The molecule has 170 valence electrons. The number of carbonyl (C=O) groups excluding carboxylic acids is 2. The topological polar surface area (TPSA) is 61.8 Å². The first-order valence-electron chi connectivity index (χ1n) is 10.7. The fourth-order valence-electron chi connectivity index (χ4n) is 2.69. The predicted molar refractivity (Wildman–Crippen MR) is 126 cm³/mol. The van der Waals surface area contributed by atoms with E-state index in [1.807, 2.05) is 30.3 Å². The molecule has 0 bridgehead atoms. The summed E-state index contributed by atoms with van der Waals surface area (Å²) < 4.78 is 17.0. The zero-order valence-corrected chi connectivity index (χ0v) is 20.9. The number of carbonyl (C=O) groups is 2. The van der Waals surface area contributed by atoms with E-state index in [0.29, 0.717) is 5.76 Å². The van der Waals surface area contributed by atoms with E-state index in [-0.39, 0.29) is 31.1 Å². The highest BCUT2D eigenvalue weighted by Crippen LogP contribution is 2.40. The van der Waals surface area contributed by atoms with E-state index in [9.17, 15) is 9.59 Å². The van der Waals surface area contributed by atoms with E-state index in [4.69, 9.17) is 20.3 Å². The van der Waals surface area contributed by atoms with Crippen molar-refractivity contribution in [1.29, 1.82) is 0 Å². The Hall–Kier alpha value is -2.52. The number of rotatable bonds is 10. The van der Waals surface area contributed by atoms with Gasteiger partial charge in [0, 0.05) is 12.0 Å². The van der Waals surface area contributed by atoms with Crippen LogP contribution in [0.15, 0.2) is 36.4 Å². The van der Waals surface area contributed by atoms with Crippen molar-refractivity contribution in [1.82, 2.24) is 0 Å². The number of allylic oxidation sites excluding steroid dienone is 1. The van der Waals surface area contributed by atoms with Crippen molar-refractivity contribution in [3.63, 3.8) is 0 Å². The minimum atomic E-state index is -2.19. The van der Waals surface area contributed by atoms with E-state index in [0.717, 1.165) is 5.56 Å². The Morgan fingerprint density at radius 3 is 1.97 bits per heavy atom. The second-order valence-corrected chi connectivity index (χ2v) is 13.6. The van der Waals surface area contributed by atoms with E-state index < -0.39 is 25.7 Å². The second kappa shape index (κ2) is 11.2. The summed E-state index contributed by atoms with van der Waals surface area (Å²) in [6.07, 6.45) is 7.23. The first-order valence-corrected chi connectivity index (χ1v) is 13.6. The van der Waals surface area contributed by atoms with Gasteiger partial charge in [-0.1, -0.05) is 51.1 Å². The molecule has 0 N–H and O–H groups in total. The quantitative estimate of drug-likeness (QED) is 0.155. The Bertz CT molecular complexity index is 795. The highest BCUT2D eigenvalue weighted by atomic mass is 28.4. The van der Waals surface area contributed by atoms with Crippen molar-refractivity contribution in [2.45, 2.75) is 65.6 Å². The Labute approximate surface area is 188 Å². The van der Waals surface area contributed by atoms with Crippen LogP contribution < -0.4 is 0 Å². The van der Waals surface area contributed by atoms with Gasteiger partial charge in [0.05, 0.1) is 13.2 Å². The van der Waals surface area contributed by atoms with E-state index in [1.54, 1.807) is 19.9 Å². The van der Waals surface area contributed by atoms with Gasteiger partial charge in [-0.2, -0.15) is 0 Å². The van der Waals surface area contributed by atoms with Crippen LogP contribution in [-0.4, -0.2) is 33.5 Å². The Morgan fingerprint density at radius 1 is 1.03 bits per heavy atom. The molecule has 0 radical (unpaired) electrons. The van der Waals surface area contributed by atoms with Gasteiger partial charge in [-0.25, -0.2) is 0 Å². The molecule has 0 spiro atoms. The maximum Gasteiger partial charge on any atom is 0.324 e. The lowest BCUT2D eigenvalue weighted by molar-refractivity contribution is -0.171. The fourth-order valence-corrected chi connectivity index (χ4v) is 3.75. The fraction of sp³-hybridized carbons (Fsp3) is 0.520. The molecule has 1 aromatic rings. The number of benzene rings is 1. The Kier molecular flexibility index (Phi) is 9.58. The zero-order chi connectivity index (χ0) is 23.7. The summed E-state index contributed by atoms with van der Waals surface area (Å²) in [5.74, 6) is 1.73. The van der Waals surface area contributed by atoms with Gasteiger partial charge in [-0.15, -0.1) is 12.3 Å². The molecule has 0 saturated heterocycles. The molecule has 31 heavy (non-hydrogen) atoms. The molecular formula is C25H36O5Si. The van der Waals surface area contributed by atoms with E-state index >= 15 is 0 Å². The lowest BCUT2D eigenvalue weighted by Gasteiger charge is -2.37. The summed E-state index contributed by atoms with van der Waals surface area (Å²) in [6, 6.07) is 9.65. The third-order valence-electron chi connectivity index (χ3n) is 5.60. The number of hydrogen-bond acceptors (Lipinski definition) is 5. The molecule has 0 atom stereocenters. The van der Waals surface area contributed by atoms with Crippen molar-refractivity contribution >= 4 is 26.0 Å². The van der Waals surface area contributed by atoms with Crippen LogP contribution in [-0.2, 0) is 23.5 Å². The van der Waals surface area contributed by atoms with Crippen LogP contribution in [0.25, 0.3) is 5.76 Å². The average molecular weight is 445 g/mol. The monoisotopic (exact) mass is 444 g/mol. The SMILES string of the molecule is C#CCC(C/C=C(/O[Si](C)(C)C(C)(C)C)c1ccccc1)(C(=O)OCC)C(=O)OCC. The minimum absolute atomic E-state index is 0.0215. The summed E-state index contributed by atoms with van der Waals surface area (Å²) in [5.41, 5.74) is -0.743. The van der Waals surface area contributed by atoms with Gasteiger partial charge in [0.15, 0.2) is 5.41 Å². The third-order valence-corrected chi connectivity index (χ3v) is 9.94. The molecule has 6 heteroatoms. The zero-order valence-electron chi connectivity index (χ0n) is 19.9. The number of esters is 2. The van der Waals surface area contributed by atoms with Gasteiger partial charge in [-0.3, -0.25) is 9.59 Å². The smallest absolute Gasteiger partial charge is 0.324 e. The van der Waals surface area contributed by atoms with Crippen molar-refractivity contribution in [3.8, 4) is 12.3 Å². The van der Waals surface area contributed by atoms with Crippen molar-refractivity contribution in [2.24, 2.45) is 5.41 Å². The van der Waals surface area contributed by atoms with Crippen molar-refractivity contribution < 1.29 is 23.5 Å². The first-order chi connectivity index (χ1) is 14.4. The average Bonchev–Trinajstić information content (AvgIpc) is 2.70. The third kappa shape index (κ3) is 6.73. The molecule has 5 nitrogen and oxygen atoms in total. The highest BCUT2D eigenvalue weighted by Gasteiger charge is 2.48. The van der Waals surface area contributed by atoms with Gasteiger partial charge in [-0.05, 0) is 44.5 Å². The van der Waals surface area contributed by atoms with Crippen LogP contribution in [0.2, 0.25) is 18.1 Å². The van der Waals surface area contributed by atoms with Crippen molar-refractivity contribution in [3.05, 3.63) is 42.0 Å². The van der Waals surface area contributed by atoms with Crippen LogP contribution in [0.3, 0.4) is 0 Å². The first kappa shape index (κ1) is 26.5. The highest BCUT2D eigenvalue weighted by molar-refractivity contribution is 6.74. The maximum absolute atomic E-state index is 12.9. The summed E-state index contributed by atoms with van der Waals surface area (Å²) in [7, 11) is -2.19. The van der Waals surface area contributed by atoms with Crippen LogP contribution >= 0.6 is 0 Å². The summed E-state index contributed by atoms with van der Waals surface area (Å²) in [6.45, 7) is 14.4. The number of ether oxygens (including phenoxy) is 2. The summed E-state index contributed by atoms with van der Waals surface area (Å²) >= 11 is 0. The molecule has 0 fully saturated rings. The molecular weight excluding hydrogens is 408 g/mol. The van der Waals surface area contributed by atoms with Gasteiger partial charge < -0.3 is 13.9 Å². The lowest BCUT2D eigenvalue weighted by Crippen LogP contribution is -2.42. The molecule has 0 aliphatic heterocycles. The Balaban J connectivity index is 3.52. The Morgan fingerprint density at radius 2 is 1.55 bits per heavy atom. The molecule has 0 aromatic heterocycles. The predicted octanol–water partition coefficient (Wildman–Crippen LogP) is 5.58. The molecule has 0 heterocycles. The van der Waals surface area contributed by atoms with Crippen LogP contribution in [0, 0.1) is 17.8 Å². The molecule has 0 aliphatic rings. The van der Waals surface area contributed by atoms with Crippen LogP contribution in [0.5, 0.6) is 0 Å². The van der Waals surface area contributed by atoms with E-state index in [2.05, 4.69) is 39.8 Å². The molecule has 0 saturated carbocycles. The van der Waals surface area contributed by atoms with Gasteiger partial charge in [0.25, 0.3) is 0 Å². The summed E-state index contributed by atoms with van der Waals surface area (Å²) in [5, 5.41) is -0.0287. The molecule has 0 unspecified atom stereocenters. The lowest BCUT2D eigenvalue weighted by atomic mass is 9.80. The van der Waals surface area contributed by atoms with Gasteiger partial charge in [0.2, 0.25) is 8.32 Å². The second-order valence-electron chi connectivity index (χ2n) is 8.90. The van der Waals surface area contributed by atoms with Crippen molar-refractivity contribution in [2.75, 3.05) is 13.2 Å². The molecule has 1 rings (SSSR count). The normalized spacial score (nSPS) is 12.6. The van der Waals surface area contributed by atoms with E-state index in [1.165, 1.54) is 0 Å². The maximum atomic E-state index is 12.9. The molecule has 0 amide bonds. The summed E-state index contributed by atoms with van der Waals surface area (Å²) in [4.78, 5) is 25.8. The number of hydrogen-bond donors (Lipinski definition) is 0. The van der Waals surface area contributed by atoms with Crippen LogP contribution in [0.1, 0.15) is 53.0 Å². The standard InChI is InChI=1S/C25H36O5Si/c1-9-18-25(22(26)28-10-2,23(27)29-11-3)19-17-21(20-15-13-12-14-16-20)30-31(7,8)24(4,5)6/h1,12-17H,10-11,18-19H2,2-8H3/b21-17+. The molecule has 0 aliphatic carbocycles. The molecule has 1 aromatic carbocycles. The number of terminal acetylenes is 1. The largest absolute Gasteiger partial charge is 0.543 e. The van der Waals surface area contributed by atoms with Gasteiger partial charge in [0.1, 0.15) is 5.76 Å². The van der Waals surface area contributed by atoms with Gasteiger partial charge >= 0.3 is 11.9 Å². The minimum Gasteiger partial charge on any atom is -0.543 e. The van der Waals surface area contributed by atoms with Crippen LogP contribution in [0.4, 0.5) is 0 Å².